The van der Waals surface area contributed by atoms with Crippen LogP contribution in [0.3, 0.4) is 0 Å². The topological polar surface area (TPSA) is 94.5 Å². The summed E-state index contributed by atoms with van der Waals surface area (Å²) in [5.41, 5.74) is 3.37. The Hall–Kier alpha value is -2.36. The Bertz CT molecular complexity index is 1060. The molecule has 1 spiro atoms. The first-order chi connectivity index (χ1) is 17.5. The normalized spacial score (nSPS) is 31.0. The van der Waals surface area contributed by atoms with Crippen LogP contribution < -0.4 is 10.1 Å². The summed E-state index contributed by atoms with van der Waals surface area (Å²) >= 11 is 0. The van der Waals surface area contributed by atoms with Gasteiger partial charge >= 0.3 is 6.01 Å². The van der Waals surface area contributed by atoms with Gasteiger partial charge in [0.2, 0.25) is 0 Å². The summed E-state index contributed by atoms with van der Waals surface area (Å²) in [5.74, 6) is 1.31. The third-order valence-corrected chi connectivity index (χ3v) is 8.45. The second kappa shape index (κ2) is 9.84. The number of likely N-dealkylation sites (tertiary alicyclic amines) is 1. The SMILES string of the molecule is COc1ncc(-c2cnnc(NC3CCC(C)(CN4CCC5(COCCO5)C4)CC3)c2)c(C2CC2)n1. The summed E-state index contributed by atoms with van der Waals surface area (Å²) in [6.07, 6.45) is 11.8. The molecule has 2 aliphatic carbocycles. The molecule has 4 aliphatic rings. The van der Waals surface area contributed by atoms with Crippen LogP contribution in [0.2, 0.25) is 0 Å². The number of rotatable bonds is 7. The van der Waals surface area contributed by atoms with E-state index in [1.165, 1.54) is 12.8 Å². The van der Waals surface area contributed by atoms with E-state index in [0.717, 1.165) is 94.2 Å². The first-order valence-corrected chi connectivity index (χ1v) is 13.5. The van der Waals surface area contributed by atoms with Crippen molar-refractivity contribution in [3.63, 3.8) is 0 Å². The molecule has 9 nitrogen and oxygen atoms in total. The average molecular weight is 495 g/mol. The van der Waals surface area contributed by atoms with Gasteiger partial charge in [-0.15, -0.1) is 5.10 Å². The van der Waals surface area contributed by atoms with E-state index < -0.39 is 0 Å². The monoisotopic (exact) mass is 494 g/mol. The number of hydrogen-bond donors (Lipinski definition) is 1. The maximum Gasteiger partial charge on any atom is 0.316 e. The van der Waals surface area contributed by atoms with Gasteiger partial charge in [0.1, 0.15) is 11.4 Å². The van der Waals surface area contributed by atoms with Crippen molar-refractivity contribution < 1.29 is 14.2 Å². The molecule has 0 aromatic carbocycles. The summed E-state index contributed by atoms with van der Waals surface area (Å²) in [4.78, 5) is 11.6. The van der Waals surface area contributed by atoms with Crippen LogP contribution >= 0.6 is 0 Å². The minimum absolute atomic E-state index is 0.0641. The molecule has 2 aromatic heterocycles. The van der Waals surface area contributed by atoms with E-state index in [1.807, 2.05) is 12.4 Å². The molecule has 6 rings (SSSR count). The van der Waals surface area contributed by atoms with Gasteiger partial charge in [-0.3, -0.25) is 4.90 Å². The maximum atomic E-state index is 6.14. The van der Waals surface area contributed by atoms with Gasteiger partial charge in [0, 0.05) is 48.9 Å². The number of nitrogens with one attached hydrogen (secondary N) is 1. The van der Waals surface area contributed by atoms with E-state index in [2.05, 4.69) is 43.4 Å². The van der Waals surface area contributed by atoms with Gasteiger partial charge in [0.15, 0.2) is 0 Å². The molecule has 36 heavy (non-hydrogen) atoms. The fraction of sp³-hybridized carbons (Fsp3) is 0.704. The maximum absolute atomic E-state index is 6.14. The third kappa shape index (κ3) is 5.19. The lowest BCUT2D eigenvalue weighted by atomic mass is 9.73. The quantitative estimate of drug-likeness (QED) is 0.619. The van der Waals surface area contributed by atoms with Gasteiger partial charge in [-0.05, 0) is 56.4 Å². The highest BCUT2D eigenvalue weighted by atomic mass is 16.6. The van der Waals surface area contributed by atoms with Crippen molar-refractivity contribution in [1.29, 1.82) is 0 Å². The minimum Gasteiger partial charge on any atom is -0.467 e. The van der Waals surface area contributed by atoms with Gasteiger partial charge < -0.3 is 19.5 Å². The molecule has 2 saturated heterocycles. The lowest BCUT2D eigenvalue weighted by molar-refractivity contribution is -0.150. The van der Waals surface area contributed by atoms with Crippen molar-refractivity contribution in [1.82, 2.24) is 25.1 Å². The summed E-state index contributed by atoms with van der Waals surface area (Å²) in [6.45, 7) is 7.92. The van der Waals surface area contributed by atoms with E-state index in [-0.39, 0.29) is 5.60 Å². The Morgan fingerprint density at radius 1 is 1.14 bits per heavy atom. The molecule has 2 aliphatic heterocycles. The number of aromatic nitrogens is 4. The van der Waals surface area contributed by atoms with Crippen LogP contribution in [0.1, 0.15) is 63.5 Å². The smallest absolute Gasteiger partial charge is 0.316 e. The summed E-state index contributed by atoms with van der Waals surface area (Å²) in [5, 5.41) is 12.4. The lowest BCUT2D eigenvalue weighted by Gasteiger charge is -2.41. The van der Waals surface area contributed by atoms with Crippen molar-refractivity contribution >= 4 is 5.82 Å². The van der Waals surface area contributed by atoms with Crippen molar-refractivity contribution in [3.05, 3.63) is 24.2 Å². The molecule has 4 heterocycles. The van der Waals surface area contributed by atoms with Crippen LogP contribution in [0.15, 0.2) is 18.5 Å². The van der Waals surface area contributed by atoms with Crippen molar-refractivity contribution in [3.8, 4) is 17.1 Å². The number of methoxy groups -OCH3 is 1. The zero-order valence-corrected chi connectivity index (χ0v) is 21.5. The van der Waals surface area contributed by atoms with Crippen LogP contribution in [-0.2, 0) is 9.47 Å². The standard InChI is InChI=1S/C27H38N6O3/c1-26(16-33-10-9-27(17-33)18-35-11-12-36-27)7-5-21(6-8-26)30-23-13-20(14-29-32-23)22-15-28-25(34-2)31-24(22)19-3-4-19/h13-15,19,21H,3-12,16-18H2,1-2H3,(H,30,32). The zero-order chi connectivity index (χ0) is 24.6. The fourth-order valence-electron chi connectivity index (χ4n) is 6.23. The predicted molar refractivity (Wildman–Crippen MR) is 136 cm³/mol. The van der Waals surface area contributed by atoms with Crippen LogP contribution in [0, 0.1) is 5.41 Å². The largest absolute Gasteiger partial charge is 0.467 e. The second-order valence-corrected chi connectivity index (χ2v) is 11.5. The first-order valence-electron chi connectivity index (χ1n) is 13.5. The summed E-state index contributed by atoms with van der Waals surface area (Å²) < 4.78 is 17.1. The van der Waals surface area contributed by atoms with E-state index >= 15 is 0 Å². The molecule has 0 amide bonds. The Labute approximate surface area is 213 Å². The Morgan fingerprint density at radius 2 is 2.00 bits per heavy atom. The molecule has 9 heteroatoms. The predicted octanol–water partition coefficient (Wildman–Crippen LogP) is 3.67. The average Bonchev–Trinajstić information content (AvgIpc) is 3.69. The third-order valence-electron chi connectivity index (χ3n) is 8.45. The Balaban J connectivity index is 1.06. The molecule has 0 radical (unpaired) electrons. The number of hydrogen-bond acceptors (Lipinski definition) is 9. The van der Waals surface area contributed by atoms with Gasteiger partial charge in [-0.1, -0.05) is 6.92 Å². The van der Waals surface area contributed by atoms with Crippen LogP contribution in [0.4, 0.5) is 5.82 Å². The Morgan fingerprint density at radius 3 is 2.75 bits per heavy atom. The molecule has 1 atom stereocenters. The minimum atomic E-state index is -0.0641. The van der Waals surface area contributed by atoms with Crippen LogP contribution in [0.25, 0.3) is 11.1 Å². The van der Waals surface area contributed by atoms with Gasteiger partial charge in [0.05, 0.1) is 38.8 Å². The highest BCUT2D eigenvalue weighted by Gasteiger charge is 2.43. The molecule has 2 aromatic rings. The molecule has 1 N–H and O–H groups in total. The lowest BCUT2D eigenvalue weighted by Crippen LogP contribution is -2.47. The van der Waals surface area contributed by atoms with E-state index in [1.54, 1.807) is 7.11 Å². The highest BCUT2D eigenvalue weighted by molar-refractivity contribution is 5.68. The number of nitrogens with zero attached hydrogens (tertiary/aromatic N) is 5. The molecule has 0 bridgehead atoms. The number of ether oxygens (including phenoxy) is 3. The number of anilines is 1. The van der Waals surface area contributed by atoms with E-state index in [0.29, 0.717) is 23.4 Å². The van der Waals surface area contributed by atoms with Gasteiger partial charge in [-0.2, -0.15) is 10.1 Å². The molecule has 194 valence electrons. The first kappa shape index (κ1) is 24.0. The second-order valence-electron chi connectivity index (χ2n) is 11.5. The highest BCUT2D eigenvalue weighted by Crippen LogP contribution is 2.44. The van der Waals surface area contributed by atoms with Crippen molar-refractivity contribution in [2.75, 3.05) is 51.9 Å². The molecule has 2 saturated carbocycles. The molecule has 4 fully saturated rings. The molecular formula is C27H38N6O3. The zero-order valence-electron chi connectivity index (χ0n) is 21.5. The van der Waals surface area contributed by atoms with Gasteiger partial charge in [0.25, 0.3) is 0 Å². The summed E-state index contributed by atoms with van der Waals surface area (Å²) in [6, 6.07) is 2.93. The van der Waals surface area contributed by atoms with Crippen molar-refractivity contribution in [2.24, 2.45) is 5.41 Å². The summed E-state index contributed by atoms with van der Waals surface area (Å²) in [7, 11) is 1.61. The fourth-order valence-corrected chi connectivity index (χ4v) is 6.23. The van der Waals surface area contributed by atoms with Gasteiger partial charge in [-0.25, -0.2) is 4.98 Å². The molecule has 1 unspecified atom stereocenters. The van der Waals surface area contributed by atoms with Crippen LogP contribution in [-0.4, -0.2) is 83.3 Å². The van der Waals surface area contributed by atoms with E-state index in [9.17, 15) is 0 Å². The molecular weight excluding hydrogens is 456 g/mol. The Kier molecular flexibility index (Phi) is 6.56. The van der Waals surface area contributed by atoms with Crippen molar-refractivity contribution in [2.45, 2.75) is 69.4 Å². The van der Waals surface area contributed by atoms with Crippen LogP contribution in [0.5, 0.6) is 6.01 Å². The van der Waals surface area contributed by atoms with E-state index in [4.69, 9.17) is 14.2 Å².